The number of carbonyl (C=O) groups is 1. The average molecular weight is 282 g/mol. The molecular weight excluding hydrogens is 248 g/mol. The molecule has 0 aliphatic carbocycles. The second kappa shape index (κ2) is 10.2. The van der Waals surface area contributed by atoms with Crippen molar-refractivity contribution in [3.8, 4) is 0 Å². The molecule has 1 heterocycles. The van der Waals surface area contributed by atoms with E-state index in [2.05, 4.69) is 18.7 Å². The zero-order chi connectivity index (χ0) is 14.8. The Bertz CT molecular complexity index is 268. The molecule has 0 bridgehead atoms. The maximum absolute atomic E-state index is 12.2. The molecule has 2 unspecified atom stereocenters. The van der Waals surface area contributed by atoms with Gasteiger partial charge in [-0.3, -0.25) is 4.79 Å². The largest absolute Gasteiger partial charge is 0.342 e. The third kappa shape index (κ3) is 6.25. The summed E-state index contributed by atoms with van der Waals surface area (Å²) in [6.07, 6.45) is 11.7. The van der Waals surface area contributed by atoms with E-state index in [-0.39, 0.29) is 0 Å². The van der Waals surface area contributed by atoms with Crippen molar-refractivity contribution in [3.63, 3.8) is 0 Å². The number of hydrogen-bond acceptors (Lipinski definition) is 2. The first-order valence-electron chi connectivity index (χ1n) is 8.72. The van der Waals surface area contributed by atoms with Gasteiger partial charge in [0.2, 0.25) is 5.91 Å². The van der Waals surface area contributed by atoms with Crippen molar-refractivity contribution in [2.45, 2.75) is 84.1 Å². The van der Waals surface area contributed by atoms with Gasteiger partial charge in [0.25, 0.3) is 0 Å². The molecule has 0 aromatic carbocycles. The van der Waals surface area contributed by atoms with Crippen LogP contribution in [0.4, 0.5) is 0 Å². The Labute approximate surface area is 125 Å². The lowest BCUT2D eigenvalue weighted by atomic mass is 9.90. The first-order chi connectivity index (χ1) is 9.69. The summed E-state index contributed by atoms with van der Waals surface area (Å²) >= 11 is 0. The summed E-state index contributed by atoms with van der Waals surface area (Å²) in [6.45, 7) is 6.17. The van der Waals surface area contributed by atoms with Crippen LogP contribution >= 0.6 is 0 Å². The Balaban J connectivity index is 2.10. The Morgan fingerprint density at radius 1 is 1.10 bits per heavy atom. The van der Waals surface area contributed by atoms with Crippen molar-refractivity contribution in [1.82, 2.24) is 4.90 Å². The van der Waals surface area contributed by atoms with Gasteiger partial charge in [-0.05, 0) is 18.8 Å². The van der Waals surface area contributed by atoms with Gasteiger partial charge in [-0.2, -0.15) is 0 Å². The maximum atomic E-state index is 12.2. The van der Waals surface area contributed by atoms with Crippen molar-refractivity contribution in [2.24, 2.45) is 11.7 Å². The SMILES string of the molecule is CCCCCCCCCC(=O)N1CCC(N)C(CC)C1. The predicted molar refractivity (Wildman–Crippen MR) is 85.6 cm³/mol. The summed E-state index contributed by atoms with van der Waals surface area (Å²) < 4.78 is 0. The van der Waals surface area contributed by atoms with Crippen LogP contribution in [0.1, 0.15) is 78.1 Å². The lowest BCUT2D eigenvalue weighted by Gasteiger charge is -2.36. The maximum Gasteiger partial charge on any atom is 0.222 e. The molecule has 1 fully saturated rings. The number of nitrogens with zero attached hydrogens (tertiary/aromatic N) is 1. The lowest BCUT2D eigenvalue weighted by Crippen LogP contribution is -2.48. The fraction of sp³-hybridized carbons (Fsp3) is 0.941. The Hall–Kier alpha value is -0.570. The minimum absolute atomic E-state index is 0.294. The number of nitrogens with two attached hydrogens (primary N) is 1. The van der Waals surface area contributed by atoms with Crippen LogP contribution in [0.3, 0.4) is 0 Å². The highest BCUT2D eigenvalue weighted by Gasteiger charge is 2.27. The van der Waals surface area contributed by atoms with E-state index in [9.17, 15) is 4.79 Å². The van der Waals surface area contributed by atoms with Crippen LogP contribution in [-0.4, -0.2) is 29.9 Å². The van der Waals surface area contributed by atoms with E-state index in [1.54, 1.807) is 0 Å². The Morgan fingerprint density at radius 2 is 1.75 bits per heavy atom. The third-order valence-electron chi connectivity index (χ3n) is 4.66. The van der Waals surface area contributed by atoms with E-state index in [1.807, 2.05) is 0 Å². The van der Waals surface area contributed by atoms with Gasteiger partial charge in [-0.25, -0.2) is 0 Å². The standard InChI is InChI=1S/C17H34N2O/c1-3-5-6-7-8-9-10-11-17(20)19-13-12-16(18)15(4-2)14-19/h15-16H,3-14,18H2,1-2H3. The average Bonchev–Trinajstić information content (AvgIpc) is 2.46. The fourth-order valence-electron chi connectivity index (χ4n) is 3.10. The van der Waals surface area contributed by atoms with E-state index in [0.29, 0.717) is 17.9 Å². The molecule has 1 saturated heterocycles. The molecule has 1 rings (SSSR count). The quantitative estimate of drug-likeness (QED) is 0.655. The number of piperidine rings is 1. The van der Waals surface area contributed by atoms with E-state index >= 15 is 0 Å². The Morgan fingerprint density at radius 3 is 2.40 bits per heavy atom. The van der Waals surface area contributed by atoms with Gasteiger partial charge in [0.15, 0.2) is 0 Å². The molecule has 1 aliphatic rings. The van der Waals surface area contributed by atoms with Gasteiger partial charge < -0.3 is 10.6 Å². The van der Waals surface area contributed by atoms with E-state index < -0.39 is 0 Å². The van der Waals surface area contributed by atoms with Crippen LogP contribution in [0, 0.1) is 5.92 Å². The van der Waals surface area contributed by atoms with E-state index in [4.69, 9.17) is 5.73 Å². The van der Waals surface area contributed by atoms with Gasteiger partial charge in [0, 0.05) is 25.6 Å². The van der Waals surface area contributed by atoms with Crippen molar-refractivity contribution < 1.29 is 4.79 Å². The Kier molecular flexibility index (Phi) is 8.92. The van der Waals surface area contributed by atoms with Crippen molar-refractivity contribution in [1.29, 1.82) is 0 Å². The number of unbranched alkanes of at least 4 members (excludes halogenated alkanes) is 6. The number of rotatable bonds is 9. The normalized spacial score (nSPS) is 23.1. The molecule has 2 atom stereocenters. The van der Waals surface area contributed by atoms with E-state index in [0.717, 1.165) is 38.8 Å². The zero-order valence-corrected chi connectivity index (χ0v) is 13.6. The minimum Gasteiger partial charge on any atom is -0.342 e. The molecule has 0 saturated carbocycles. The molecule has 0 aromatic heterocycles. The van der Waals surface area contributed by atoms with E-state index in [1.165, 1.54) is 38.5 Å². The molecule has 0 radical (unpaired) electrons. The second-order valence-corrected chi connectivity index (χ2v) is 6.33. The molecule has 3 heteroatoms. The molecule has 3 nitrogen and oxygen atoms in total. The third-order valence-corrected chi connectivity index (χ3v) is 4.66. The molecule has 2 N–H and O–H groups in total. The summed E-state index contributed by atoms with van der Waals surface area (Å²) in [7, 11) is 0. The summed E-state index contributed by atoms with van der Waals surface area (Å²) in [5.41, 5.74) is 6.09. The fourth-order valence-corrected chi connectivity index (χ4v) is 3.10. The van der Waals surface area contributed by atoms with Gasteiger partial charge in [-0.1, -0.05) is 58.8 Å². The number of carbonyl (C=O) groups excluding carboxylic acids is 1. The van der Waals surface area contributed by atoms with Crippen LogP contribution < -0.4 is 5.73 Å². The summed E-state index contributed by atoms with van der Waals surface area (Å²) in [5, 5.41) is 0. The van der Waals surface area contributed by atoms with Crippen LogP contribution in [0.5, 0.6) is 0 Å². The van der Waals surface area contributed by atoms with Crippen molar-refractivity contribution >= 4 is 5.91 Å². The van der Waals surface area contributed by atoms with Gasteiger partial charge in [-0.15, -0.1) is 0 Å². The molecule has 1 aliphatic heterocycles. The summed E-state index contributed by atoms with van der Waals surface area (Å²) in [6, 6.07) is 0.294. The number of likely N-dealkylation sites (tertiary alicyclic amines) is 1. The van der Waals surface area contributed by atoms with Crippen LogP contribution in [-0.2, 0) is 4.79 Å². The lowest BCUT2D eigenvalue weighted by molar-refractivity contribution is -0.133. The van der Waals surface area contributed by atoms with Crippen LogP contribution in [0.2, 0.25) is 0 Å². The van der Waals surface area contributed by atoms with Crippen molar-refractivity contribution in [3.05, 3.63) is 0 Å². The molecule has 0 spiro atoms. The summed E-state index contributed by atoms with van der Waals surface area (Å²) in [5.74, 6) is 0.852. The highest BCUT2D eigenvalue weighted by molar-refractivity contribution is 5.76. The highest BCUT2D eigenvalue weighted by atomic mass is 16.2. The highest BCUT2D eigenvalue weighted by Crippen LogP contribution is 2.19. The molecule has 0 aromatic rings. The first kappa shape index (κ1) is 17.5. The van der Waals surface area contributed by atoms with Gasteiger partial charge in [0.05, 0.1) is 0 Å². The smallest absolute Gasteiger partial charge is 0.222 e. The summed E-state index contributed by atoms with van der Waals surface area (Å²) in [4.78, 5) is 14.2. The predicted octanol–water partition coefficient (Wildman–Crippen LogP) is 3.71. The van der Waals surface area contributed by atoms with Crippen LogP contribution in [0.15, 0.2) is 0 Å². The topological polar surface area (TPSA) is 46.3 Å². The number of amides is 1. The number of hydrogen-bond donors (Lipinski definition) is 1. The molecule has 20 heavy (non-hydrogen) atoms. The van der Waals surface area contributed by atoms with Crippen LogP contribution in [0.25, 0.3) is 0 Å². The molecule has 118 valence electrons. The van der Waals surface area contributed by atoms with Gasteiger partial charge >= 0.3 is 0 Å². The minimum atomic E-state index is 0.294. The first-order valence-corrected chi connectivity index (χ1v) is 8.72. The van der Waals surface area contributed by atoms with Crippen molar-refractivity contribution in [2.75, 3.05) is 13.1 Å². The second-order valence-electron chi connectivity index (χ2n) is 6.33. The molecular formula is C17H34N2O. The zero-order valence-electron chi connectivity index (χ0n) is 13.6. The molecule has 1 amide bonds. The van der Waals surface area contributed by atoms with Gasteiger partial charge in [0.1, 0.15) is 0 Å². The monoisotopic (exact) mass is 282 g/mol.